The van der Waals surface area contributed by atoms with Crippen molar-refractivity contribution in [3.63, 3.8) is 0 Å². The van der Waals surface area contributed by atoms with E-state index >= 15 is 0 Å². The Morgan fingerprint density at radius 1 is 1.40 bits per heavy atom. The molecule has 2 aromatic heterocycles. The summed E-state index contributed by atoms with van der Waals surface area (Å²) < 4.78 is 6.27. The molecule has 0 fully saturated rings. The zero-order valence-electron chi connectivity index (χ0n) is 11.7. The number of nitrogens with zero attached hydrogens (tertiary/aromatic N) is 2. The Bertz CT molecular complexity index is 586. The first-order valence-corrected chi connectivity index (χ1v) is 7.86. The molecule has 5 nitrogen and oxygen atoms in total. The van der Waals surface area contributed by atoms with Crippen molar-refractivity contribution >= 4 is 33.2 Å². The fraction of sp³-hybridized carbons (Fsp3) is 0.385. The minimum absolute atomic E-state index is 0.647. The van der Waals surface area contributed by atoms with Crippen LogP contribution in [-0.4, -0.2) is 18.2 Å². The molecule has 2 rings (SSSR count). The molecule has 7 heteroatoms. The van der Waals surface area contributed by atoms with E-state index in [1.807, 2.05) is 13.8 Å². The molecule has 0 saturated carbocycles. The highest BCUT2D eigenvalue weighted by Gasteiger charge is 2.09. The Kier molecular flexibility index (Phi) is 5.19. The van der Waals surface area contributed by atoms with Crippen LogP contribution < -0.4 is 10.6 Å². The maximum absolute atomic E-state index is 5.14. The SMILES string of the molecule is CN=C(NCc1csc(Br)c1)NCc1c(C)noc1C. The van der Waals surface area contributed by atoms with Crippen LogP contribution in [0.2, 0.25) is 0 Å². The van der Waals surface area contributed by atoms with Gasteiger partial charge in [0.2, 0.25) is 0 Å². The van der Waals surface area contributed by atoms with Gasteiger partial charge in [-0.1, -0.05) is 5.16 Å². The van der Waals surface area contributed by atoms with Gasteiger partial charge in [-0.3, -0.25) is 4.99 Å². The normalized spacial score (nSPS) is 11.7. The van der Waals surface area contributed by atoms with Crippen LogP contribution in [0.5, 0.6) is 0 Å². The van der Waals surface area contributed by atoms with Crippen LogP contribution in [0.15, 0.2) is 24.7 Å². The average Bonchev–Trinajstić information content (AvgIpc) is 2.98. The molecule has 108 valence electrons. The Hall–Kier alpha value is -1.34. The molecular formula is C13H17BrN4OS. The molecule has 0 atom stereocenters. The van der Waals surface area contributed by atoms with Gasteiger partial charge in [0.25, 0.3) is 0 Å². The minimum Gasteiger partial charge on any atom is -0.361 e. The third-order valence-electron chi connectivity index (χ3n) is 2.92. The first kappa shape index (κ1) is 15.1. The summed E-state index contributed by atoms with van der Waals surface area (Å²) in [7, 11) is 1.76. The van der Waals surface area contributed by atoms with Gasteiger partial charge in [0.05, 0.1) is 9.48 Å². The van der Waals surface area contributed by atoms with Crippen LogP contribution in [0, 0.1) is 13.8 Å². The van der Waals surface area contributed by atoms with E-state index in [4.69, 9.17) is 4.52 Å². The number of aryl methyl sites for hydroxylation is 2. The van der Waals surface area contributed by atoms with Gasteiger partial charge in [-0.2, -0.15) is 0 Å². The van der Waals surface area contributed by atoms with Gasteiger partial charge in [0.15, 0.2) is 5.96 Å². The van der Waals surface area contributed by atoms with Crippen LogP contribution in [0.4, 0.5) is 0 Å². The Balaban J connectivity index is 1.87. The molecule has 0 radical (unpaired) electrons. The lowest BCUT2D eigenvalue weighted by Gasteiger charge is -2.11. The van der Waals surface area contributed by atoms with Crippen LogP contribution in [-0.2, 0) is 13.1 Å². The predicted octanol–water partition coefficient (Wildman–Crippen LogP) is 2.98. The Morgan fingerprint density at radius 2 is 2.15 bits per heavy atom. The van der Waals surface area contributed by atoms with Crippen molar-refractivity contribution in [2.24, 2.45) is 4.99 Å². The Labute approximate surface area is 130 Å². The van der Waals surface area contributed by atoms with Crippen molar-refractivity contribution in [3.8, 4) is 0 Å². The summed E-state index contributed by atoms with van der Waals surface area (Å²) in [6.07, 6.45) is 0. The maximum atomic E-state index is 5.14. The van der Waals surface area contributed by atoms with E-state index < -0.39 is 0 Å². The van der Waals surface area contributed by atoms with E-state index in [2.05, 4.69) is 48.2 Å². The largest absolute Gasteiger partial charge is 0.361 e. The lowest BCUT2D eigenvalue weighted by molar-refractivity contribution is 0.392. The quantitative estimate of drug-likeness (QED) is 0.652. The number of nitrogens with one attached hydrogen (secondary N) is 2. The number of aromatic nitrogens is 1. The molecule has 0 unspecified atom stereocenters. The molecule has 0 aliphatic heterocycles. The number of rotatable bonds is 4. The van der Waals surface area contributed by atoms with E-state index in [9.17, 15) is 0 Å². The number of halogens is 1. The van der Waals surface area contributed by atoms with Gasteiger partial charge >= 0.3 is 0 Å². The van der Waals surface area contributed by atoms with Crippen molar-refractivity contribution in [1.29, 1.82) is 0 Å². The van der Waals surface area contributed by atoms with Crippen LogP contribution in [0.1, 0.15) is 22.6 Å². The summed E-state index contributed by atoms with van der Waals surface area (Å²) >= 11 is 5.13. The van der Waals surface area contributed by atoms with Crippen molar-refractivity contribution in [3.05, 3.63) is 37.8 Å². The van der Waals surface area contributed by atoms with Gasteiger partial charge < -0.3 is 15.2 Å². The highest BCUT2D eigenvalue weighted by Crippen LogP contribution is 2.20. The first-order chi connectivity index (χ1) is 9.60. The predicted molar refractivity (Wildman–Crippen MR) is 85.0 cm³/mol. The van der Waals surface area contributed by atoms with E-state index in [0.29, 0.717) is 6.54 Å². The number of aliphatic imine (C=N–C) groups is 1. The number of hydrogen-bond donors (Lipinski definition) is 2. The highest BCUT2D eigenvalue weighted by atomic mass is 79.9. The first-order valence-electron chi connectivity index (χ1n) is 6.19. The molecule has 2 N–H and O–H groups in total. The lowest BCUT2D eigenvalue weighted by Crippen LogP contribution is -2.36. The summed E-state index contributed by atoms with van der Waals surface area (Å²) in [5.41, 5.74) is 3.21. The zero-order valence-corrected chi connectivity index (χ0v) is 14.1. The Morgan fingerprint density at radius 3 is 2.70 bits per heavy atom. The van der Waals surface area contributed by atoms with Crippen LogP contribution in [0.25, 0.3) is 0 Å². The molecule has 0 aliphatic rings. The second kappa shape index (κ2) is 6.90. The zero-order chi connectivity index (χ0) is 14.5. The van der Waals surface area contributed by atoms with Crippen molar-refractivity contribution in [2.75, 3.05) is 7.05 Å². The van der Waals surface area contributed by atoms with Crippen LogP contribution in [0.3, 0.4) is 0 Å². The molecule has 0 saturated heterocycles. The molecule has 0 spiro atoms. The molecule has 0 bridgehead atoms. The highest BCUT2D eigenvalue weighted by molar-refractivity contribution is 9.11. The van der Waals surface area contributed by atoms with Crippen LogP contribution >= 0.6 is 27.3 Å². The van der Waals surface area contributed by atoms with E-state index in [0.717, 1.165) is 33.3 Å². The summed E-state index contributed by atoms with van der Waals surface area (Å²) in [4.78, 5) is 4.20. The van der Waals surface area contributed by atoms with E-state index in [-0.39, 0.29) is 0 Å². The number of thiophene rings is 1. The third kappa shape index (κ3) is 3.83. The molecule has 0 aromatic carbocycles. The second-order valence-electron chi connectivity index (χ2n) is 4.34. The monoisotopic (exact) mass is 356 g/mol. The summed E-state index contributed by atoms with van der Waals surface area (Å²) in [6.45, 7) is 5.24. The lowest BCUT2D eigenvalue weighted by atomic mass is 10.2. The summed E-state index contributed by atoms with van der Waals surface area (Å²) in [6, 6.07) is 2.10. The fourth-order valence-electron chi connectivity index (χ4n) is 1.77. The molecule has 0 aliphatic carbocycles. The van der Waals surface area contributed by atoms with Crippen molar-refractivity contribution in [2.45, 2.75) is 26.9 Å². The topological polar surface area (TPSA) is 62.5 Å². The second-order valence-corrected chi connectivity index (χ2v) is 6.63. The average molecular weight is 357 g/mol. The summed E-state index contributed by atoms with van der Waals surface area (Å²) in [5, 5.41) is 12.6. The van der Waals surface area contributed by atoms with Gasteiger partial charge in [0, 0.05) is 25.7 Å². The number of guanidine groups is 1. The smallest absolute Gasteiger partial charge is 0.191 e. The molecule has 20 heavy (non-hydrogen) atoms. The minimum atomic E-state index is 0.647. The molecule has 2 heterocycles. The van der Waals surface area contributed by atoms with Crippen molar-refractivity contribution < 1.29 is 4.52 Å². The van der Waals surface area contributed by atoms with Gasteiger partial charge in [-0.05, 0) is 46.8 Å². The van der Waals surface area contributed by atoms with E-state index in [1.54, 1.807) is 18.4 Å². The fourth-order valence-corrected chi connectivity index (χ4v) is 2.98. The van der Waals surface area contributed by atoms with Gasteiger partial charge in [-0.25, -0.2) is 0 Å². The number of hydrogen-bond acceptors (Lipinski definition) is 4. The third-order valence-corrected chi connectivity index (χ3v) is 4.47. The van der Waals surface area contributed by atoms with E-state index in [1.165, 1.54) is 5.56 Å². The van der Waals surface area contributed by atoms with Gasteiger partial charge in [-0.15, -0.1) is 11.3 Å². The molecular weight excluding hydrogens is 340 g/mol. The van der Waals surface area contributed by atoms with Crippen molar-refractivity contribution in [1.82, 2.24) is 15.8 Å². The maximum Gasteiger partial charge on any atom is 0.191 e. The standard InChI is InChI=1S/C13H17BrN4OS/c1-8-11(9(2)19-18-8)6-17-13(15-3)16-5-10-4-12(14)20-7-10/h4,7H,5-6H2,1-3H3,(H2,15,16,17). The molecule has 2 aromatic rings. The van der Waals surface area contributed by atoms with Gasteiger partial charge in [0.1, 0.15) is 5.76 Å². The molecule has 0 amide bonds. The summed E-state index contributed by atoms with van der Waals surface area (Å²) in [5.74, 6) is 1.60.